The van der Waals surface area contributed by atoms with Gasteiger partial charge in [0.15, 0.2) is 0 Å². The van der Waals surface area contributed by atoms with Crippen LogP contribution in [-0.4, -0.2) is 11.8 Å². The van der Waals surface area contributed by atoms with Crippen molar-refractivity contribution in [3.8, 4) is 0 Å². The van der Waals surface area contributed by atoms with E-state index in [0.29, 0.717) is 6.42 Å². The van der Waals surface area contributed by atoms with Crippen LogP contribution in [0.1, 0.15) is 28.7 Å². The summed E-state index contributed by atoms with van der Waals surface area (Å²) in [5.41, 5.74) is 10.7. The highest BCUT2D eigenvalue weighted by Crippen LogP contribution is 2.22. The van der Waals surface area contributed by atoms with Crippen LogP contribution in [0.3, 0.4) is 0 Å². The molecule has 2 N–H and O–H groups in total. The lowest BCUT2D eigenvalue weighted by atomic mass is 9.91. The minimum absolute atomic E-state index is 0.0140. The van der Waals surface area contributed by atoms with Crippen LogP contribution in [0.15, 0.2) is 24.3 Å². The Labute approximate surface area is 109 Å². The lowest BCUT2D eigenvalue weighted by molar-refractivity contribution is -0.120. The molecule has 2 rings (SSSR count). The molecule has 0 heterocycles. The van der Waals surface area contributed by atoms with E-state index in [1.54, 1.807) is 0 Å². The Bertz CT molecular complexity index is 479. The van der Waals surface area contributed by atoms with Crippen LogP contribution in [0.2, 0.25) is 0 Å². The van der Waals surface area contributed by atoms with Gasteiger partial charge in [0, 0.05) is 18.4 Å². The van der Waals surface area contributed by atoms with E-state index in [1.807, 2.05) is 12.2 Å². The molecule has 0 saturated carbocycles. The number of hydrogen-bond acceptors (Lipinski definition) is 2. The number of nitrogens with two attached hydrogens (primary N) is 1. The molecule has 18 heavy (non-hydrogen) atoms. The molecule has 96 valence electrons. The number of hydrogen-bond donors (Lipinski definition) is 1. The molecule has 1 aromatic carbocycles. The Morgan fingerprint density at radius 1 is 1.22 bits per heavy atom. The summed E-state index contributed by atoms with van der Waals surface area (Å²) in [6.07, 6.45) is 5.20. The Kier molecular flexibility index (Phi) is 3.67. The minimum Gasteiger partial charge on any atom is -0.324 e. The van der Waals surface area contributed by atoms with Crippen molar-refractivity contribution in [1.29, 1.82) is 0 Å². The molecule has 0 radical (unpaired) electrons. The van der Waals surface area contributed by atoms with Crippen LogP contribution in [0.4, 0.5) is 0 Å². The summed E-state index contributed by atoms with van der Waals surface area (Å²) < 4.78 is 0. The van der Waals surface area contributed by atoms with Crippen LogP contribution < -0.4 is 5.73 Å². The van der Waals surface area contributed by atoms with Gasteiger partial charge in [-0.3, -0.25) is 4.79 Å². The number of rotatable bonds is 3. The van der Waals surface area contributed by atoms with Gasteiger partial charge in [0.2, 0.25) is 0 Å². The van der Waals surface area contributed by atoms with Gasteiger partial charge in [-0.25, -0.2) is 0 Å². The molecule has 1 aliphatic rings. The van der Waals surface area contributed by atoms with Crippen LogP contribution in [0.5, 0.6) is 0 Å². The number of aryl methyl sites for hydroxylation is 3. The van der Waals surface area contributed by atoms with Gasteiger partial charge in [-0.15, -0.1) is 0 Å². The summed E-state index contributed by atoms with van der Waals surface area (Å²) in [6, 6.07) is 4.34. The molecule has 0 amide bonds. The zero-order valence-electron chi connectivity index (χ0n) is 11.4. The zero-order valence-corrected chi connectivity index (χ0v) is 11.4. The largest absolute Gasteiger partial charge is 0.324 e. The fraction of sp³-hybridized carbons (Fsp3) is 0.438. The van der Waals surface area contributed by atoms with E-state index in [2.05, 4.69) is 32.9 Å². The average Bonchev–Trinajstić information content (AvgIpc) is 2.70. The molecule has 0 saturated heterocycles. The van der Waals surface area contributed by atoms with Gasteiger partial charge in [-0.05, 0) is 43.9 Å². The predicted molar refractivity (Wildman–Crippen MR) is 74.6 cm³/mol. The summed E-state index contributed by atoms with van der Waals surface area (Å²) in [4.78, 5) is 12.2. The van der Waals surface area contributed by atoms with Gasteiger partial charge in [0.05, 0.1) is 0 Å². The van der Waals surface area contributed by atoms with Crippen molar-refractivity contribution >= 4 is 5.78 Å². The molecule has 2 atom stereocenters. The summed E-state index contributed by atoms with van der Waals surface area (Å²) in [7, 11) is 0. The lowest BCUT2D eigenvalue weighted by Crippen LogP contribution is -2.20. The summed E-state index contributed by atoms with van der Waals surface area (Å²) >= 11 is 0. The van der Waals surface area contributed by atoms with E-state index in [0.717, 1.165) is 6.42 Å². The third kappa shape index (κ3) is 2.70. The van der Waals surface area contributed by atoms with E-state index in [9.17, 15) is 4.79 Å². The predicted octanol–water partition coefficient (Wildman–Crippen LogP) is 2.63. The molecular formula is C16H21NO. The topological polar surface area (TPSA) is 43.1 Å². The standard InChI is InChI=1S/C16H21NO/c1-10-6-11(2)15(12(3)7-10)9-16(18)13-4-5-14(17)8-13/h4-7,13-14H,8-9,17H2,1-3H3. The SMILES string of the molecule is Cc1cc(C)c(CC(=O)C2C=CC(N)C2)c(C)c1. The van der Waals surface area contributed by atoms with Gasteiger partial charge in [-0.2, -0.15) is 0 Å². The van der Waals surface area contributed by atoms with Crippen LogP contribution >= 0.6 is 0 Å². The maximum atomic E-state index is 12.2. The molecule has 1 aromatic rings. The van der Waals surface area contributed by atoms with Crippen molar-refractivity contribution in [2.75, 3.05) is 0 Å². The second-order valence-electron chi connectivity index (χ2n) is 5.41. The molecule has 2 nitrogen and oxygen atoms in total. The van der Waals surface area contributed by atoms with Crippen molar-refractivity contribution in [1.82, 2.24) is 0 Å². The average molecular weight is 243 g/mol. The fourth-order valence-corrected chi connectivity index (χ4v) is 2.76. The third-order valence-electron chi connectivity index (χ3n) is 3.72. The first-order valence-electron chi connectivity index (χ1n) is 6.50. The van der Waals surface area contributed by atoms with Gasteiger partial charge < -0.3 is 5.73 Å². The summed E-state index contributed by atoms with van der Waals surface area (Å²) in [5, 5.41) is 0. The first-order valence-corrected chi connectivity index (χ1v) is 6.50. The zero-order chi connectivity index (χ0) is 13.3. The maximum absolute atomic E-state index is 12.2. The smallest absolute Gasteiger partial charge is 0.144 e. The highest BCUT2D eigenvalue weighted by atomic mass is 16.1. The molecule has 1 aliphatic carbocycles. The lowest BCUT2D eigenvalue weighted by Gasteiger charge is -2.13. The second kappa shape index (κ2) is 5.07. The quantitative estimate of drug-likeness (QED) is 0.829. The van der Waals surface area contributed by atoms with Crippen LogP contribution in [-0.2, 0) is 11.2 Å². The summed E-state index contributed by atoms with van der Waals surface area (Å²) in [5.74, 6) is 0.300. The number of benzene rings is 1. The van der Waals surface area contributed by atoms with Crippen molar-refractivity contribution in [2.24, 2.45) is 11.7 Å². The number of carbonyl (C=O) groups excluding carboxylic acids is 1. The second-order valence-corrected chi connectivity index (χ2v) is 5.41. The van der Waals surface area contributed by atoms with Crippen molar-refractivity contribution in [2.45, 2.75) is 39.7 Å². The van der Waals surface area contributed by atoms with Gasteiger partial charge in [0.25, 0.3) is 0 Å². The van der Waals surface area contributed by atoms with Crippen molar-refractivity contribution < 1.29 is 4.79 Å². The van der Waals surface area contributed by atoms with E-state index in [4.69, 9.17) is 5.73 Å². The van der Waals surface area contributed by atoms with Crippen molar-refractivity contribution in [3.05, 3.63) is 46.5 Å². The summed E-state index contributed by atoms with van der Waals surface area (Å²) in [6.45, 7) is 6.25. The fourth-order valence-electron chi connectivity index (χ4n) is 2.76. The first kappa shape index (κ1) is 13.0. The maximum Gasteiger partial charge on any atom is 0.144 e. The van der Waals surface area contributed by atoms with Gasteiger partial charge in [-0.1, -0.05) is 29.8 Å². The number of carbonyl (C=O) groups is 1. The van der Waals surface area contributed by atoms with E-state index in [1.165, 1.54) is 22.3 Å². The van der Waals surface area contributed by atoms with E-state index in [-0.39, 0.29) is 17.7 Å². The highest BCUT2D eigenvalue weighted by molar-refractivity contribution is 5.86. The molecule has 2 unspecified atom stereocenters. The van der Waals surface area contributed by atoms with E-state index < -0.39 is 0 Å². The molecular weight excluding hydrogens is 222 g/mol. The minimum atomic E-state index is 0.0140. The molecule has 0 fully saturated rings. The monoisotopic (exact) mass is 243 g/mol. The molecule has 2 heteroatoms. The molecule has 0 aliphatic heterocycles. The number of allylic oxidation sites excluding steroid dienone is 1. The van der Waals surface area contributed by atoms with E-state index >= 15 is 0 Å². The Balaban J connectivity index is 2.15. The van der Waals surface area contributed by atoms with Gasteiger partial charge in [0.1, 0.15) is 5.78 Å². The molecule has 0 bridgehead atoms. The molecule has 0 spiro atoms. The molecule has 0 aromatic heterocycles. The van der Waals surface area contributed by atoms with Gasteiger partial charge >= 0.3 is 0 Å². The highest BCUT2D eigenvalue weighted by Gasteiger charge is 2.23. The Morgan fingerprint density at radius 3 is 2.33 bits per heavy atom. The van der Waals surface area contributed by atoms with Crippen molar-refractivity contribution in [3.63, 3.8) is 0 Å². The third-order valence-corrected chi connectivity index (χ3v) is 3.72. The normalized spacial score (nSPS) is 22.4. The first-order chi connectivity index (χ1) is 8.47. The van der Waals surface area contributed by atoms with Crippen LogP contribution in [0.25, 0.3) is 0 Å². The Morgan fingerprint density at radius 2 is 1.83 bits per heavy atom. The van der Waals surface area contributed by atoms with Crippen LogP contribution in [0, 0.1) is 26.7 Å². The Hall–Kier alpha value is -1.41. The number of Topliss-reactive ketones (excluding diaryl/α,β-unsaturated/α-hetero) is 1. The number of ketones is 1.